The Morgan fingerprint density at radius 2 is 2.06 bits per heavy atom. The molecule has 96 valence electrons. The lowest BCUT2D eigenvalue weighted by Crippen LogP contribution is -2.31. The summed E-state index contributed by atoms with van der Waals surface area (Å²) < 4.78 is 13.0. The van der Waals surface area contributed by atoms with Crippen molar-refractivity contribution in [2.75, 3.05) is 13.1 Å². The van der Waals surface area contributed by atoms with Gasteiger partial charge in [-0.2, -0.15) is 0 Å². The van der Waals surface area contributed by atoms with Crippen molar-refractivity contribution in [2.45, 2.75) is 26.4 Å². The van der Waals surface area contributed by atoms with E-state index in [1.807, 2.05) is 0 Å². The van der Waals surface area contributed by atoms with Crippen molar-refractivity contribution in [3.63, 3.8) is 0 Å². The highest BCUT2D eigenvalue weighted by molar-refractivity contribution is 6.31. The molecule has 0 saturated carbocycles. The molecule has 0 amide bonds. The van der Waals surface area contributed by atoms with Gasteiger partial charge in [-0.25, -0.2) is 4.39 Å². The van der Waals surface area contributed by atoms with Crippen LogP contribution in [0, 0.1) is 11.7 Å². The second-order valence-electron chi connectivity index (χ2n) is 4.65. The Labute approximate surface area is 107 Å². The molecule has 0 spiro atoms. The Hall–Kier alpha value is -0.640. The molecule has 0 aliphatic heterocycles. The summed E-state index contributed by atoms with van der Waals surface area (Å²) in [6, 6.07) is 4.20. The standard InChI is InChI=1S/C13H19ClFNO/c1-9(2)7-16-8-12(17)6-10-5-11(15)3-4-13(10)14/h3-5,9,12,16-17H,6-8H2,1-2H3. The molecule has 4 heteroatoms. The maximum atomic E-state index is 13.0. The molecule has 0 aliphatic rings. The van der Waals surface area contributed by atoms with E-state index in [9.17, 15) is 9.50 Å². The minimum Gasteiger partial charge on any atom is -0.391 e. The van der Waals surface area contributed by atoms with Crippen LogP contribution in [-0.4, -0.2) is 24.3 Å². The van der Waals surface area contributed by atoms with Crippen LogP contribution >= 0.6 is 11.6 Å². The molecule has 0 bridgehead atoms. The van der Waals surface area contributed by atoms with Crippen molar-refractivity contribution in [1.29, 1.82) is 0 Å². The van der Waals surface area contributed by atoms with Crippen LogP contribution in [0.5, 0.6) is 0 Å². The van der Waals surface area contributed by atoms with E-state index in [1.165, 1.54) is 18.2 Å². The lowest BCUT2D eigenvalue weighted by molar-refractivity contribution is 0.170. The number of halogens is 2. The van der Waals surface area contributed by atoms with Gasteiger partial charge in [0, 0.05) is 18.0 Å². The first-order chi connectivity index (χ1) is 7.99. The van der Waals surface area contributed by atoms with E-state index in [1.54, 1.807) is 0 Å². The fourth-order valence-corrected chi connectivity index (χ4v) is 1.76. The Morgan fingerprint density at radius 3 is 2.71 bits per heavy atom. The first-order valence-electron chi connectivity index (χ1n) is 5.81. The van der Waals surface area contributed by atoms with E-state index in [0.717, 1.165) is 6.54 Å². The number of rotatable bonds is 6. The second-order valence-corrected chi connectivity index (χ2v) is 5.05. The van der Waals surface area contributed by atoms with Gasteiger partial charge in [-0.15, -0.1) is 0 Å². The number of aliphatic hydroxyl groups is 1. The SMILES string of the molecule is CC(C)CNCC(O)Cc1cc(F)ccc1Cl. The summed E-state index contributed by atoms with van der Waals surface area (Å²) >= 11 is 5.93. The van der Waals surface area contributed by atoms with E-state index in [4.69, 9.17) is 11.6 Å². The smallest absolute Gasteiger partial charge is 0.123 e. The average Bonchev–Trinajstić information content (AvgIpc) is 2.23. The average molecular weight is 260 g/mol. The molecule has 0 heterocycles. The number of aliphatic hydroxyl groups excluding tert-OH is 1. The molecular weight excluding hydrogens is 241 g/mol. The largest absolute Gasteiger partial charge is 0.391 e. The van der Waals surface area contributed by atoms with Crippen LogP contribution in [0.4, 0.5) is 4.39 Å². The van der Waals surface area contributed by atoms with Crippen molar-refractivity contribution < 1.29 is 9.50 Å². The van der Waals surface area contributed by atoms with Crippen molar-refractivity contribution in [3.8, 4) is 0 Å². The van der Waals surface area contributed by atoms with E-state index >= 15 is 0 Å². The summed E-state index contributed by atoms with van der Waals surface area (Å²) in [6.07, 6.45) is -0.185. The predicted molar refractivity (Wildman–Crippen MR) is 68.8 cm³/mol. The maximum Gasteiger partial charge on any atom is 0.123 e. The molecule has 1 aromatic rings. The van der Waals surface area contributed by atoms with Gasteiger partial charge < -0.3 is 10.4 Å². The van der Waals surface area contributed by atoms with Crippen molar-refractivity contribution in [2.24, 2.45) is 5.92 Å². The molecule has 0 radical (unpaired) electrons. The Morgan fingerprint density at radius 1 is 1.35 bits per heavy atom. The number of nitrogens with one attached hydrogen (secondary N) is 1. The Kier molecular flexibility index (Phi) is 5.89. The highest BCUT2D eigenvalue weighted by Crippen LogP contribution is 2.18. The summed E-state index contributed by atoms with van der Waals surface area (Å²) in [5, 5.41) is 13.4. The molecule has 1 unspecified atom stereocenters. The van der Waals surface area contributed by atoms with Crippen LogP contribution < -0.4 is 5.32 Å². The minimum atomic E-state index is -0.548. The van der Waals surface area contributed by atoms with Crippen LogP contribution in [0.3, 0.4) is 0 Å². The van der Waals surface area contributed by atoms with Gasteiger partial charge in [0.1, 0.15) is 5.82 Å². The number of benzene rings is 1. The van der Waals surface area contributed by atoms with Crippen LogP contribution in [0.1, 0.15) is 19.4 Å². The summed E-state index contributed by atoms with van der Waals surface area (Å²) in [5.41, 5.74) is 0.644. The van der Waals surface area contributed by atoms with Crippen molar-refractivity contribution in [3.05, 3.63) is 34.6 Å². The Balaban J connectivity index is 2.44. The Bertz CT molecular complexity index is 357. The third kappa shape index (κ3) is 5.48. The van der Waals surface area contributed by atoms with E-state index in [-0.39, 0.29) is 5.82 Å². The molecule has 2 nitrogen and oxygen atoms in total. The summed E-state index contributed by atoms with van der Waals surface area (Å²) in [5.74, 6) is 0.215. The van der Waals surface area contributed by atoms with Crippen LogP contribution in [0.15, 0.2) is 18.2 Å². The topological polar surface area (TPSA) is 32.3 Å². The van der Waals surface area contributed by atoms with E-state index in [2.05, 4.69) is 19.2 Å². The van der Waals surface area contributed by atoms with Crippen LogP contribution in [0.25, 0.3) is 0 Å². The second kappa shape index (κ2) is 6.94. The van der Waals surface area contributed by atoms with E-state index in [0.29, 0.717) is 29.5 Å². The summed E-state index contributed by atoms with van der Waals surface area (Å²) in [6.45, 7) is 5.55. The van der Waals surface area contributed by atoms with Gasteiger partial charge in [0.25, 0.3) is 0 Å². The first-order valence-corrected chi connectivity index (χ1v) is 6.19. The van der Waals surface area contributed by atoms with Crippen LogP contribution in [0.2, 0.25) is 5.02 Å². The van der Waals surface area contributed by atoms with Gasteiger partial charge in [0.05, 0.1) is 6.10 Å². The van der Waals surface area contributed by atoms with E-state index < -0.39 is 6.10 Å². The van der Waals surface area contributed by atoms with Gasteiger partial charge in [-0.1, -0.05) is 25.4 Å². The molecule has 17 heavy (non-hydrogen) atoms. The molecule has 1 atom stereocenters. The zero-order valence-corrected chi connectivity index (χ0v) is 11.0. The zero-order valence-electron chi connectivity index (χ0n) is 10.2. The third-order valence-corrected chi connectivity index (χ3v) is 2.76. The highest BCUT2D eigenvalue weighted by Gasteiger charge is 2.09. The van der Waals surface area contributed by atoms with Crippen molar-refractivity contribution in [1.82, 2.24) is 5.32 Å². The van der Waals surface area contributed by atoms with Gasteiger partial charge >= 0.3 is 0 Å². The fourth-order valence-electron chi connectivity index (χ4n) is 1.56. The van der Waals surface area contributed by atoms with Gasteiger partial charge in [-0.3, -0.25) is 0 Å². The number of hydrogen-bond acceptors (Lipinski definition) is 2. The van der Waals surface area contributed by atoms with Gasteiger partial charge in [0.15, 0.2) is 0 Å². The van der Waals surface area contributed by atoms with Crippen molar-refractivity contribution >= 4 is 11.6 Å². The summed E-state index contributed by atoms with van der Waals surface area (Å²) in [4.78, 5) is 0. The molecule has 1 rings (SSSR count). The maximum absolute atomic E-state index is 13.0. The fraction of sp³-hybridized carbons (Fsp3) is 0.538. The monoisotopic (exact) mass is 259 g/mol. The molecular formula is C13H19ClFNO. The predicted octanol–water partition coefficient (Wildman–Crippen LogP) is 2.63. The molecule has 2 N–H and O–H groups in total. The molecule has 0 fully saturated rings. The highest BCUT2D eigenvalue weighted by atomic mass is 35.5. The summed E-state index contributed by atoms with van der Waals surface area (Å²) in [7, 11) is 0. The van der Waals surface area contributed by atoms with Gasteiger partial charge in [0.2, 0.25) is 0 Å². The first kappa shape index (κ1) is 14.4. The molecule has 0 aliphatic carbocycles. The molecule has 0 saturated heterocycles. The van der Waals surface area contributed by atoms with Gasteiger partial charge in [-0.05, 0) is 36.2 Å². The quantitative estimate of drug-likeness (QED) is 0.823. The van der Waals surface area contributed by atoms with Crippen LogP contribution in [-0.2, 0) is 6.42 Å². The molecule has 1 aromatic carbocycles. The molecule has 0 aromatic heterocycles. The number of hydrogen-bond donors (Lipinski definition) is 2. The minimum absolute atomic E-state index is 0.327. The normalized spacial score (nSPS) is 13.1. The third-order valence-electron chi connectivity index (χ3n) is 2.40. The lowest BCUT2D eigenvalue weighted by atomic mass is 10.1. The zero-order chi connectivity index (χ0) is 12.8. The lowest BCUT2D eigenvalue weighted by Gasteiger charge is -2.14.